The molecule has 0 fully saturated rings. The molecule has 106 valence electrons. The Morgan fingerprint density at radius 2 is 1.63 bits per heavy atom. The standard InChI is InChI=1S/C18H28O/c1-6-15-13-17(19-10-5)12-11-16(15)14-18(7-2,8-3)9-4/h11-13H,6-10H2,1-5H3. The molecule has 0 aliphatic carbocycles. The summed E-state index contributed by atoms with van der Waals surface area (Å²) in [5.74, 6) is 0.972. The van der Waals surface area contributed by atoms with Crippen molar-refractivity contribution in [2.75, 3.05) is 6.61 Å². The van der Waals surface area contributed by atoms with Crippen molar-refractivity contribution in [3.8, 4) is 5.75 Å². The van der Waals surface area contributed by atoms with Gasteiger partial charge < -0.3 is 4.74 Å². The zero-order chi connectivity index (χ0) is 14.3. The molecule has 0 spiro atoms. The van der Waals surface area contributed by atoms with Gasteiger partial charge in [-0.1, -0.05) is 33.8 Å². The summed E-state index contributed by atoms with van der Waals surface area (Å²) in [5, 5.41) is 0. The lowest BCUT2D eigenvalue weighted by Crippen LogP contribution is -2.19. The van der Waals surface area contributed by atoms with Crippen molar-refractivity contribution in [1.82, 2.24) is 0 Å². The van der Waals surface area contributed by atoms with Crippen molar-refractivity contribution < 1.29 is 4.74 Å². The van der Waals surface area contributed by atoms with Crippen LogP contribution in [0.2, 0.25) is 0 Å². The second kappa shape index (κ2) is 7.57. The normalized spacial score (nSPS) is 11.6. The van der Waals surface area contributed by atoms with Crippen LogP contribution in [-0.2, 0) is 6.42 Å². The Hall–Kier alpha value is -0.980. The summed E-state index contributed by atoms with van der Waals surface area (Å²) in [7, 11) is 0. The molecule has 0 N–H and O–H groups in total. The largest absolute Gasteiger partial charge is 0.494 e. The summed E-state index contributed by atoms with van der Waals surface area (Å²) in [6.07, 6.45) is 8.25. The first-order valence-corrected chi connectivity index (χ1v) is 7.68. The molecule has 19 heavy (non-hydrogen) atoms. The number of hydrogen-bond donors (Lipinski definition) is 0. The first-order valence-electron chi connectivity index (χ1n) is 7.68. The Bertz CT molecular complexity index is 369. The number of ether oxygens (including phenoxy) is 1. The molecular weight excluding hydrogens is 232 g/mol. The average molecular weight is 260 g/mol. The SMILES string of the molecule is CCOc1ccc([C]C(CC)(CC)CC)c(CC)c1. The van der Waals surface area contributed by atoms with E-state index < -0.39 is 0 Å². The number of benzene rings is 1. The summed E-state index contributed by atoms with van der Waals surface area (Å²) in [5.41, 5.74) is 2.82. The van der Waals surface area contributed by atoms with Gasteiger partial charge in [0.1, 0.15) is 5.75 Å². The van der Waals surface area contributed by atoms with E-state index in [-0.39, 0.29) is 5.41 Å². The summed E-state index contributed by atoms with van der Waals surface area (Å²) in [6, 6.07) is 6.40. The molecule has 0 unspecified atom stereocenters. The van der Waals surface area contributed by atoms with Gasteiger partial charge in [0.25, 0.3) is 0 Å². The van der Waals surface area contributed by atoms with Gasteiger partial charge in [0, 0.05) is 6.42 Å². The number of aryl methyl sites for hydroxylation is 1. The molecule has 0 aliphatic rings. The molecule has 1 rings (SSSR count). The van der Waals surface area contributed by atoms with Crippen LogP contribution in [0.5, 0.6) is 5.75 Å². The van der Waals surface area contributed by atoms with Gasteiger partial charge in [-0.05, 0) is 61.3 Å². The predicted molar refractivity (Wildman–Crippen MR) is 82.6 cm³/mol. The molecule has 0 amide bonds. The van der Waals surface area contributed by atoms with Crippen LogP contribution < -0.4 is 4.74 Å². The third-order valence-corrected chi connectivity index (χ3v) is 4.20. The van der Waals surface area contributed by atoms with Gasteiger partial charge in [-0.15, -0.1) is 0 Å². The highest BCUT2D eigenvalue weighted by molar-refractivity contribution is 5.40. The van der Waals surface area contributed by atoms with E-state index in [0.717, 1.165) is 38.0 Å². The lowest BCUT2D eigenvalue weighted by atomic mass is 9.74. The zero-order valence-electron chi connectivity index (χ0n) is 13.2. The summed E-state index contributed by atoms with van der Waals surface area (Å²) >= 11 is 0. The van der Waals surface area contributed by atoms with Crippen molar-refractivity contribution in [2.45, 2.75) is 60.3 Å². The van der Waals surface area contributed by atoms with Crippen molar-refractivity contribution >= 4 is 0 Å². The van der Waals surface area contributed by atoms with Crippen LogP contribution in [0.15, 0.2) is 18.2 Å². The van der Waals surface area contributed by atoms with Crippen LogP contribution in [-0.4, -0.2) is 6.61 Å². The first kappa shape index (κ1) is 16.1. The van der Waals surface area contributed by atoms with Crippen LogP contribution in [0.25, 0.3) is 0 Å². The summed E-state index contributed by atoms with van der Waals surface area (Å²) in [6.45, 7) is 11.7. The molecule has 0 saturated heterocycles. The highest BCUT2D eigenvalue weighted by Crippen LogP contribution is 2.37. The minimum Gasteiger partial charge on any atom is -0.494 e. The quantitative estimate of drug-likeness (QED) is 0.617. The van der Waals surface area contributed by atoms with E-state index in [4.69, 9.17) is 4.74 Å². The molecule has 0 heterocycles. The van der Waals surface area contributed by atoms with Crippen molar-refractivity contribution in [3.05, 3.63) is 35.7 Å². The Morgan fingerprint density at radius 1 is 1.00 bits per heavy atom. The highest BCUT2D eigenvalue weighted by atomic mass is 16.5. The fraction of sp³-hybridized carbons (Fsp3) is 0.611. The monoisotopic (exact) mass is 260 g/mol. The second-order valence-electron chi connectivity index (χ2n) is 5.07. The Morgan fingerprint density at radius 3 is 2.11 bits per heavy atom. The predicted octanol–water partition coefficient (Wildman–Crippen LogP) is 5.29. The summed E-state index contributed by atoms with van der Waals surface area (Å²) in [4.78, 5) is 0. The fourth-order valence-electron chi connectivity index (χ4n) is 2.54. The van der Waals surface area contributed by atoms with Gasteiger partial charge >= 0.3 is 0 Å². The van der Waals surface area contributed by atoms with Gasteiger partial charge in [-0.2, -0.15) is 0 Å². The lowest BCUT2D eigenvalue weighted by Gasteiger charge is -2.30. The van der Waals surface area contributed by atoms with Crippen molar-refractivity contribution in [3.63, 3.8) is 0 Å². The first-order chi connectivity index (χ1) is 9.14. The second-order valence-corrected chi connectivity index (χ2v) is 5.07. The molecular formula is C18H28O. The van der Waals surface area contributed by atoms with E-state index in [1.54, 1.807) is 0 Å². The summed E-state index contributed by atoms with van der Waals surface area (Å²) < 4.78 is 5.58. The van der Waals surface area contributed by atoms with Crippen molar-refractivity contribution in [1.29, 1.82) is 0 Å². The number of rotatable bonds is 8. The maximum absolute atomic E-state index is 5.58. The van der Waals surface area contributed by atoms with E-state index in [2.05, 4.69) is 52.3 Å². The van der Waals surface area contributed by atoms with E-state index >= 15 is 0 Å². The fourth-order valence-corrected chi connectivity index (χ4v) is 2.54. The maximum atomic E-state index is 5.58. The van der Waals surface area contributed by atoms with Crippen molar-refractivity contribution in [2.24, 2.45) is 5.41 Å². The smallest absolute Gasteiger partial charge is 0.119 e. The minimum atomic E-state index is 0.219. The molecule has 0 aliphatic heterocycles. The van der Waals surface area contributed by atoms with Gasteiger partial charge in [0.05, 0.1) is 6.61 Å². The van der Waals surface area contributed by atoms with Gasteiger partial charge in [-0.3, -0.25) is 0 Å². The van der Waals surface area contributed by atoms with Crippen LogP contribution in [0.1, 0.15) is 65.0 Å². The van der Waals surface area contributed by atoms with E-state index in [1.165, 1.54) is 11.1 Å². The van der Waals surface area contributed by atoms with Crippen LogP contribution in [0, 0.1) is 11.8 Å². The lowest BCUT2D eigenvalue weighted by molar-refractivity contribution is 0.313. The molecule has 1 aromatic carbocycles. The maximum Gasteiger partial charge on any atom is 0.119 e. The average Bonchev–Trinajstić information content (AvgIpc) is 2.46. The van der Waals surface area contributed by atoms with Crippen LogP contribution in [0.3, 0.4) is 0 Å². The Balaban J connectivity index is 2.99. The number of hydrogen-bond acceptors (Lipinski definition) is 1. The zero-order valence-corrected chi connectivity index (χ0v) is 13.2. The third-order valence-electron chi connectivity index (χ3n) is 4.20. The molecule has 1 heteroatoms. The van der Waals surface area contributed by atoms with Crippen LogP contribution >= 0.6 is 0 Å². The van der Waals surface area contributed by atoms with Crippen LogP contribution in [0.4, 0.5) is 0 Å². The molecule has 1 aromatic rings. The molecule has 0 bridgehead atoms. The van der Waals surface area contributed by atoms with E-state index in [1.807, 2.05) is 6.92 Å². The van der Waals surface area contributed by atoms with E-state index in [0.29, 0.717) is 0 Å². The van der Waals surface area contributed by atoms with Gasteiger partial charge in [0.2, 0.25) is 0 Å². The molecule has 0 saturated carbocycles. The minimum absolute atomic E-state index is 0.219. The third kappa shape index (κ3) is 3.99. The Labute approximate surface area is 119 Å². The highest BCUT2D eigenvalue weighted by Gasteiger charge is 2.26. The molecule has 1 nitrogen and oxygen atoms in total. The van der Waals surface area contributed by atoms with Gasteiger partial charge in [0.15, 0.2) is 0 Å². The molecule has 2 radical (unpaired) electrons. The van der Waals surface area contributed by atoms with E-state index in [9.17, 15) is 0 Å². The Kier molecular flexibility index (Phi) is 6.41. The van der Waals surface area contributed by atoms with Gasteiger partial charge in [-0.25, -0.2) is 0 Å². The molecule has 0 atom stereocenters. The molecule has 0 aromatic heterocycles. The topological polar surface area (TPSA) is 9.23 Å².